The van der Waals surface area contributed by atoms with E-state index in [1.54, 1.807) is 0 Å². The zero-order chi connectivity index (χ0) is 44.4. The Morgan fingerprint density at radius 2 is 1.34 bits per heavy atom. The van der Waals surface area contributed by atoms with Crippen LogP contribution in [0.3, 0.4) is 0 Å². The fraction of sp³-hybridized carbons (Fsp3) is 0.442. The van der Waals surface area contributed by atoms with Gasteiger partial charge in [-0.3, -0.25) is 8.37 Å². The number of allylic oxidation sites excluding steroid dienone is 5. The lowest BCUT2D eigenvalue weighted by Gasteiger charge is -2.31. The highest BCUT2D eigenvalue weighted by Gasteiger charge is 2.46. The molecule has 0 saturated carbocycles. The molecule has 0 amide bonds. The second-order valence-corrected chi connectivity index (χ2v) is 21.0. The molecule has 1 unspecified atom stereocenters. The Morgan fingerprint density at radius 3 is 2.03 bits per heavy atom. The summed E-state index contributed by atoms with van der Waals surface area (Å²) in [6.07, 6.45) is 18.5. The zero-order valence-electron chi connectivity index (χ0n) is 37.5. The third-order valence-corrected chi connectivity index (χ3v) is 14.9. The van der Waals surface area contributed by atoms with Gasteiger partial charge in [0.25, 0.3) is 20.2 Å². The summed E-state index contributed by atoms with van der Waals surface area (Å²) < 4.78 is 62.8. The van der Waals surface area contributed by atoms with E-state index in [4.69, 9.17) is 8.37 Å². The van der Waals surface area contributed by atoms with Crippen LogP contribution in [-0.2, 0) is 39.4 Å². The summed E-state index contributed by atoms with van der Waals surface area (Å²) in [5.41, 5.74) is 5.58. The zero-order valence-corrected chi connectivity index (χ0v) is 39.2. The van der Waals surface area contributed by atoms with Crippen molar-refractivity contribution in [1.82, 2.24) is 0 Å². The minimum Gasteiger partial charge on any atom is -0.343 e. The van der Waals surface area contributed by atoms with Crippen molar-refractivity contribution in [1.29, 1.82) is 0 Å². The first-order valence-electron chi connectivity index (χ1n) is 22.4. The van der Waals surface area contributed by atoms with E-state index in [1.165, 1.54) is 38.7 Å². The monoisotopic (exact) mass is 877 g/mol. The lowest BCUT2D eigenvalue weighted by molar-refractivity contribution is -0.436. The van der Waals surface area contributed by atoms with Gasteiger partial charge in [0, 0.05) is 47.9 Å². The maximum absolute atomic E-state index is 12.5. The van der Waals surface area contributed by atoms with Crippen LogP contribution in [0.1, 0.15) is 110 Å². The fourth-order valence-corrected chi connectivity index (χ4v) is 10.7. The van der Waals surface area contributed by atoms with E-state index in [2.05, 4.69) is 152 Å². The van der Waals surface area contributed by atoms with Crippen LogP contribution < -0.4 is 4.90 Å². The van der Waals surface area contributed by atoms with E-state index in [9.17, 15) is 16.8 Å². The van der Waals surface area contributed by atoms with Gasteiger partial charge in [-0.15, -0.1) is 5.92 Å². The molecule has 0 bridgehead atoms. The Bertz CT molecular complexity index is 2630. The van der Waals surface area contributed by atoms with Crippen molar-refractivity contribution >= 4 is 58.9 Å². The Kier molecular flexibility index (Phi) is 15.7. The maximum Gasteiger partial charge on any atom is 0.267 e. The summed E-state index contributed by atoms with van der Waals surface area (Å²) in [6, 6.07) is 25.8. The van der Waals surface area contributed by atoms with Gasteiger partial charge in [0.2, 0.25) is 5.69 Å². The normalized spacial score (nSPS) is 17.2. The van der Waals surface area contributed by atoms with Crippen LogP contribution in [0.2, 0.25) is 0 Å². The molecule has 330 valence electrons. The molecule has 0 fully saturated rings. The topological polar surface area (TPSA) is 93.0 Å². The van der Waals surface area contributed by atoms with Crippen LogP contribution in [0.25, 0.3) is 21.5 Å². The van der Waals surface area contributed by atoms with Crippen molar-refractivity contribution in [2.24, 2.45) is 0 Å². The number of nitrogens with zero attached hydrogens (tertiary/aromatic N) is 2. The maximum atomic E-state index is 12.5. The lowest BCUT2D eigenvalue weighted by Crippen LogP contribution is -2.38. The molecule has 4 aromatic carbocycles. The molecular weight excluding hydrogens is 813 g/mol. The van der Waals surface area contributed by atoms with Gasteiger partial charge in [-0.1, -0.05) is 137 Å². The van der Waals surface area contributed by atoms with Crippen LogP contribution in [0.4, 0.5) is 11.4 Å². The number of benzene rings is 4. The van der Waals surface area contributed by atoms with E-state index in [0.29, 0.717) is 38.6 Å². The first-order chi connectivity index (χ1) is 29.7. The SMILES string of the molecule is CCCCOS(=O)(=O)CC/C=C/N1c2c(ccc3ccccc23)C(C)(C)C1CC#CC/C=C/C=C/C1=[N+](CCCCS(=O)(=O)OCCCC)c2c(ccc3ccccc23)C1(C)C. The summed E-state index contributed by atoms with van der Waals surface area (Å²) in [4.78, 5) is 2.31. The molecule has 8 nitrogen and oxygen atoms in total. The van der Waals surface area contributed by atoms with Crippen LogP contribution in [0, 0.1) is 11.8 Å². The van der Waals surface area contributed by atoms with Crippen molar-refractivity contribution in [3.8, 4) is 11.8 Å². The summed E-state index contributed by atoms with van der Waals surface area (Å²) in [6.45, 7) is 14.3. The molecule has 0 aromatic heterocycles. The standard InChI is InChI=1S/C52H65N2O6S2/c1-7-9-37-59-61(55,56)39-23-21-35-53-47(51(3,4)45-33-31-41-25-17-19-27-43(41)49(45)53)29-15-13-11-12-14-16-30-48-52(5,6)46-34-32-42-26-18-20-28-44(42)50(46)54(48)36-22-24-40-62(57,58)60-38-10-8-2/h11,13,15,17-20,22,25-29,31-34,36,48H,7-10,12,21,23-24,30,35,37-40H2,1-6H3/q+1/b13-11+,29-15+,36-22+. The van der Waals surface area contributed by atoms with Crippen LogP contribution in [-0.4, -0.2) is 64.4 Å². The first-order valence-corrected chi connectivity index (χ1v) is 25.5. The Labute approximate surface area is 371 Å². The van der Waals surface area contributed by atoms with Gasteiger partial charge >= 0.3 is 0 Å². The molecule has 2 aliphatic heterocycles. The molecule has 0 radical (unpaired) electrons. The predicted molar refractivity (Wildman–Crippen MR) is 258 cm³/mol. The molecule has 1 atom stereocenters. The Balaban J connectivity index is 1.17. The quantitative estimate of drug-likeness (QED) is 0.0271. The van der Waals surface area contributed by atoms with Crippen molar-refractivity contribution in [3.05, 3.63) is 121 Å². The number of hydrogen-bond donors (Lipinski definition) is 0. The largest absolute Gasteiger partial charge is 0.343 e. The van der Waals surface area contributed by atoms with Crippen LogP contribution >= 0.6 is 0 Å². The van der Waals surface area contributed by atoms with Gasteiger partial charge < -0.3 is 4.90 Å². The molecule has 0 spiro atoms. The second kappa shape index (κ2) is 20.8. The summed E-state index contributed by atoms with van der Waals surface area (Å²) in [5, 5.41) is 4.70. The number of rotatable bonds is 21. The van der Waals surface area contributed by atoms with E-state index < -0.39 is 20.2 Å². The molecule has 2 heterocycles. The minimum atomic E-state index is -3.58. The van der Waals surface area contributed by atoms with E-state index >= 15 is 0 Å². The molecule has 2 aliphatic rings. The number of unbranched alkanes of at least 4 members (excludes halogenated alkanes) is 3. The van der Waals surface area contributed by atoms with Gasteiger partial charge in [-0.05, 0) is 61.9 Å². The molecule has 4 aromatic rings. The highest BCUT2D eigenvalue weighted by molar-refractivity contribution is 7.86. The molecule has 62 heavy (non-hydrogen) atoms. The smallest absolute Gasteiger partial charge is 0.267 e. The highest BCUT2D eigenvalue weighted by Crippen LogP contribution is 2.50. The molecule has 0 N–H and O–H groups in total. The number of hydrogen-bond acceptors (Lipinski definition) is 7. The fourth-order valence-electron chi connectivity index (χ4n) is 8.77. The lowest BCUT2D eigenvalue weighted by atomic mass is 9.79. The Hall–Kier alpha value is -4.53. The van der Waals surface area contributed by atoms with Crippen molar-refractivity contribution < 1.29 is 29.8 Å². The average Bonchev–Trinajstić information content (AvgIpc) is 3.60. The predicted octanol–water partition coefficient (Wildman–Crippen LogP) is 11.4. The van der Waals surface area contributed by atoms with Gasteiger partial charge in [-0.2, -0.15) is 21.4 Å². The first kappa shape index (κ1) is 47.0. The van der Waals surface area contributed by atoms with E-state index in [-0.39, 0.29) is 41.6 Å². The average molecular weight is 878 g/mol. The van der Waals surface area contributed by atoms with Gasteiger partial charge in [0.05, 0.1) is 47.2 Å². The number of fused-ring (bicyclic) bond motifs is 6. The third kappa shape index (κ3) is 11.0. The molecule has 0 saturated heterocycles. The summed E-state index contributed by atoms with van der Waals surface area (Å²) in [7, 11) is -7.13. The molecule has 6 rings (SSSR count). The van der Waals surface area contributed by atoms with Gasteiger partial charge in [0.15, 0.2) is 5.71 Å². The van der Waals surface area contributed by atoms with Gasteiger partial charge in [0.1, 0.15) is 6.54 Å². The third-order valence-electron chi connectivity index (χ3n) is 12.3. The van der Waals surface area contributed by atoms with Crippen molar-refractivity contribution in [2.75, 3.05) is 36.2 Å². The highest BCUT2D eigenvalue weighted by atomic mass is 32.2. The summed E-state index contributed by atoms with van der Waals surface area (Å²) >= 11 is 0. The van der Waals surface area contributed by atoms with E-state index in [1.807, 2.05) is 19.9 Å². The van der Waals surface area contributed by atoms with Gasteiger partial charge in [-0.25, -0.2) is 0 Å². The Morgan fingerprint density at radius 1 is 0.710 bits per heavy atom. The van der Waals surface area contributed by atoms with E-state index in [0.717, 1.165) is 36.8 Å². The van der Waals surface area contributed by atoms with Crippen molar-refractivity contribution in [3.63, 3.8) is 0 Å². The molecule has 0 aliphatic carbocycles. The van der Waals surface area contributed by atoms with Crippen LogP contribution in [0.5, 0.6) is 0 Å². The number of anilines is 1. The second-order valence-electron chi connectivity index (χ2n) is 17.5. The van der Waals surface area contributed by atoms with Crippen molar-refractivity contribution in [2.45, 2.75) is 116 Å². The molecule has 10 heteroatoms. The minimum absolute atomic E-state index is 0.0175. The molecular formula is C52H65N2O6S2+. The summed E-state index contributed by atoms with van der Waals surface area (Å²) in [5.74, 6) is 6.85. The van der Waals surface area contributed by atoms with Crippen LogP contribution in [0.15, 0.2) is 109 Å².